The fraction of sp³-hybridized carbons (Fsp3) is 0.500. The molecule has 1 saturated carbocycles. The molecule has 2 aliphatic carbocycles. The Morgan fingerprint density at radius 2 is 2.05 bits per heavy atom. The third-order valence-corrected chi connectivity index (χ3v) is 5.33. The normalized spacial score (nSPS) is 29.5. The molecule has 0 aromatic rings. The van der Waals surface area contributed by atoms with Gasteiger partial charge in [-0.05, 0) is 30.6 Å². The highest BCUT2D eigenvalue weighted by Gasteiger charge is 2.47. The van der Waals surface area contributed by atoms with Crippen molar-refractivity contribution in [2.24, 2.45) is 17.8 Å². The zero-order chi connectivity index (χ0) is 16.4. The van der Waals surface area contributed by atoms with Crippen molar-refractivity contribution >= 4 is 23.5 Å². The van der Waals surface area contributed by atoms with Gasteiger partial charge in [-0.15, -0.1) is 11.8 Å². The van der Waals surface area contributed by atoms with E-state index in [2.05, 4.69) is 0 Å². The number of ketones is 1. The maximum absolute atomic E-state index is 12.7. The number of nitrogens with zero attached hydrogens (tertiary/aromatic N) is 2. The second-order valence-electron chi connectivity index (χ2n) is 5.44. The zero-order valence-corrected chi connectivity index (χ0v) is 13.5. The van der Waals surface area contributed by atoms with Crippen LogP contribution in [0.4, 0.5) is 0 Å². The van der Waals surface area contributed by atoms with Crippen LogP contribution in [0, 0.1) is 40.4 Å². The molecule has 0 saturated heterocycles. The number of carbonyl (C=O) groups is 2. The van der Waals surface area contributed by atoms with Crippen molar-refractivity contribution in [2.75, 3.05) is 13.4 Å². The maximum atomic E-state index is 12.7. The Balaban J connectivity index is 2.77. The predicted molar refractivity (Wildman–Crippen MR) is 81.2 cm³/mol. The lowest BCUT2D eigenvalue weighted by Crippen LogP contribution is -2.39. The number of fused-ring (bicyclic) bond motifs is 2. The molecular formula is C16H16N2O3S. The first-order valence-electron chi connectivity index (χ1n) is 6.96. The molecule has 0 amide bonds. The van der Waals surface area contributed by atoms with E-state index in [4.69, 9.17) is 4.74 Å². The molecule has 0 heterocycles. The lowest BCUT2D eigenvalue weighted by Gasteiger charge is -2.41. The minimum Gasteiger partial charge on any atom is -0.465 e. The van der Waals surface area contributed by atoms with E-state index < -0.39 is 11.9 Å². The number of rotatable bonds is 2. The monoisotopic (exact) mass is 316 g/mol. The third kappa shape index (κ3) is 2.34. The Morgan fingerprint density at radius 1 is 1.36 bits per heavy atom. The summed E-state index contributed by atoms with van der Waals surface area (Å²) in [5.74, 6) is -1.77. The van der Waals surface area contributed by atoms with Gasteiger partial charge in [-0.2, -0.15) is 10.5 Å². The van der Waals surface area contributed by atoms with Gasteiger partial charge in [-0.1, -0.05) is 6.92 Å². The van der Waals surface area contributed by atoms with E-state index in [0.717, 1.165) is 12.8 Å². The molecule has 5 nitrogen and oxygen atoms in total. The van der Waals surface area contributed by atoms with Crippen LogP contribution in [0.15, 0.2) is 21.6 Å². The highest BCUT2D eigenvalue weighted by Crippen LogP contribution is 2.51. The lowest BCUT2D eigenvalue weighted by molar-refractivity contribution is -0.135. The SMILES string of the molecule is COC(=O)C(C#N)=C1C2CCC(C)C1C(=O)C(C#N)=C2SC. The van der Waals surface area contributed by atoms with Crippen LogP contribution in [0.3, 0.4) is 0 Å². The van der Waals surface area contributed by atoms with E-state index in [9.17, 15) is 20.1 Å². The maximum Gasteiger partial charge on any atom is 0.348 e. The lowest BCUT2D eigenvalue weighted by atomic mass is 9.63. The van der Waals surface area contributed by atoms with Gasteiger partial charge in [0.1, 0.15) is 23.3 Å². The van der Waals surface area contributed by atoms with E-state index in [1.165, 1.54) is 18.9 Å². The standard InChI is InChI=1S/C16H16N2O3S/c1-8-4-5-9-13(10(6-17)16(20)21-2)12(8)14(19)11(7-18)15(9)22-3/h8-9,12H,4-5H2,1-3H3. The second kappa shape index (κ2) is 6.37. The quantitative estimate of drug-likeness (QED) is 0.441. The van der Waals surface area contributed by atoms with Gasteiger partial charge in [-0.3, -0.25) is 4.79 Å². The molecule has 0 N–H and O–H groups in total. The number of hydrogen-bond acceptors (Lipinski definition) is 6. The van der Waals surface area contributed by atoms with Crippen LogP contribution in [0.25, 0.3) is 0 Å². The van der Waals surface area contributed by atoms with Gasteiger partial charge in [0.25, 0.3) is 0 Å². The Morgan fingerprint density at radius 3 is 2.55 bits per heavy atom. The van der Waals surface area contributed by atoms with E-state index in [1.807, 2.05) is 19.1 Å². The van der Waals surface area contributed by atoms with Gasteiger partial charge in [0.15, 0.2) is 5.78 Å². The summed E-state index contributed by atoms with van der Waals surface area (Å²) in [6.45, 7) is 1.92. The smallest absolute Gasteiger partial charge is 0.348 e. The molecule has 0 aromatic carbocycles. The average molecular weight is 316 g/mol. The summed E-state index contributed by atoms with van der Waals surface area (Å²) in [4.78, 5) is 25.3. The number of carbonyl (C=O) groups excluding carboxylic acids is 2. The van der Waals surface area contributed by atoms with E-state index in [-0.39, 0.29) is 28.8 Å². The number of thioether (sulfide) groups is 1. The molecule has 2 bridgehead atoms. The number of ether oxygens (including phenoxy) is 1. The summed E-state index contributed by atoms with van der Waals surface area (Å²) in [5, 5.41) is 18.7. The van der Waals surface area contributed by atoms with E-state index in [1.54, 1.807) is 6.26 Å². The minimum absolute atomic E-state index is 0.00138. The van der Waals surface area contributed by atoms with Crippen LogP contribution in [-0.4, -0.2) is 25.1 Å². The van der Waals surface area contributed by atoms with Crippen LogP contribution < -0.4 is 0 Å². The van der Waals surface area contributed by atoms with Crippen LogP contribution in [0.5, 0.6) is 0 Å². The van der Waals surface area contributed by atoms with Crippen molar-refractivity contribution in [2.45, 2.75) is 19.8 Å². The number of nitriles is 2. The molecule has 0 aliphatic heterocycles. The van der Waals surface area contributed by atoms with Gasteiger partial charge >= 0.3 is 5.97 Å². The van der Waals surface area contributed by atoms with Gasteiger partial charge in [0.2, 0.25) is 0 Å². The fourth-order valence-electron chi connectivity index (χ4n) is 3.41. The Hall–Kier alpha value is -2.05. The summed E-state index contributed by atoms with van der Waals surface area (Å²) in [7, 11) is 1.22. The predicted octanol–water partition coefficient (Wildman–Crippen LogP) is 2.37. The summed E-state index contributed by atoms with van der Waals surface area (Å²) in [6.07, 6.45) is 3.36. The van der Waals surface area contributed by atoms with E-state index >= 15 is 0 Å². The van der Waals surface area contributed by atoms with Gasteiger partial charge in [0.05, 0.1) is 7.11 Å². The molecular weight excluding hydrogens is 300 g/mol. The summed E-state index contributed by atoms with van der Waals surface area (Å²) in [5.41, 5.74) is 0.641. The van der Waals surface area contributed by atoms with Gasteiger partial charge in [0, 0.05) is 16.7 Å². The van der Waals surface area contributed by atoms with Gasteiger partial charge < -0.3 is 4.74 Å². The number of methoxy groups -OCH3 is 1. The number of Topliss-reactive ketones (excluding diaryl/α,β-unsaturated/α-hetero) is 1. The van der Waals surface area contributed by atoms with Crippen LogP contribution in [0.2, 0.25) is 0 Å². The number of hydrogen-bond donors (Lipinski definition) is 0. The summed E-state index contributed by atoms with van der Waals surface area (Å²) < 4.78 is 4.70. The minimum atomic E-state index is -0.713. The Bertz CT molecular complexity index is 678. The first-order valence-corrected chi connectivity index (χ1v) is 8.19. The molecule has 3 unspecified atom stereocenters. The third-order valence-electron chi connectivity index (χ3n) is 4.40. The Labute approximate surface area is 133 Å². The highest BCUT2D eigenvalue weighted by molar-refractivity contribution is 8.02. The van der Waals surface area contributed by atoms with E-state index in [0.29, 0.717) is 10.5 Å². The second-order valence-corrected chi connectivity index (χ2v) is 6.29. The van der Waals surface area contributed by atoms with Crippen molar-refractivity contribution in [3.8, 4) is 12.1 Å². The molecule has 22 heavy (non-hydrogen) atoms. The molecule has 2 aliphatic rings. The van der Waals surface area contributed by atoms with Gasteiger partial charge in [-0.25, -0.2) is 4.79 Å². The van der Waals surface area contributed by atoms with Crippen molar-refractivity contribution in [3.63, 3.8) is 0 Å². The Kier molecular flexibility index (Phi) is 4.73. The molecule has 6 heteroatoms. The molecule has 1 fully saturated rings. The molecule has 0 radical (unpaired) electrons. The largest absolute Gasteiger partial charge is 0.465 e. The van der Waals surface area contributed by atoms with Crippen molar-refractivity contribution < 1.29 is 14.3 Å². The van der Waals surface area contributed by atoms with Crippen molar-refractivity contribution in [1.82, 2.24) is 0 Å². The highest BCUT2D eigenvalue weighted by atomic mass is 32.2. The molecule has 3 atom stereocenters. The summed E-state index contributed by atoms with van der Waals surface area (Å²) in [6, 6.07) is 3.92. The molecule has 0 aromatic heterocycles. The topological polar surface area (TPSA) is 90.9 Å². The molecule has 2 rings (SSSR count). The average Bonchev–Trinajstić information content (AvgIpc) is 2.52. The molecule has 0 spiro atoms. The number of allylic oxidation sites excluding steroid dienone is 3. The summed E-state index contributed by atoms with van der Waals surface area (Å²) >= 11 is 1.34. The van der Waals surface area contributed by atoms with Crippen LogP contribution >= 0.6 is 11.8 Å². The van der Waals surface area contributed by atoms with Crippen molar-refractivity contribution in [3.05, 3.63) is 21.6 Å². The molecule has 114 valence electrons. The fourth-order valence-corrected chi connectivity index (χ4v) is 4.29. The van der Waals surface area contributed by atoms with Crippen LogP contribution in [0.1, 0.15) is 19.8 Å². The first kappa shape index (κ1) is 16.3. The van der Waals surface area contributed by atoms with Crippen LogP contribution in [-0.2, 0) is 14.3 Å². The number of esters is 1. The zero-order valence-electron chi connectivity index (χ0n) is 12.7. The first-order chi connectivity index (χ1) is 10.5. The van der Waals surface area contributed by atoms with Crippen molar-refractivity contribution in [1.29, 1.82) is 10.5 Å².